The normalized spacial score (nSPS) is 12.9. The van der Waals surface area contributed by atoms with E-state index in [-0.39, 0.29) is 14.0 Å². The maximum atomic E-state index is 2.47. The molecule has 0 spiro atoms. The van der Waals surface area contributed by atoms with Crippen molar-refractivity contribution in [3.05, 3.63) is 0 Å². The van der Waals surface area contributed by atoms with Crippen molar-refractivity contribution in [2.45, 2.75) is 31.1 Å². The van der Waals surface area contributed by atoms with Gasteiger partial charge in [0.15, 0.2) is 0 Å². The summed E-state index contributed by atoms with van der Waals surface area (Å²) in [5.74, 6) is 0. The van der Waals surface area contributed by atoms with Crippen LogP contribution in [0.2, 0.25) is 31.1 Å². The topological polar surface area (TPSA) is 0 Å². The van der Waals surface area contributed by atoms with Crippen LogP contribution in [0.1, 0.15) is 0 Å². The summed E-state index contributed by atoms with van der Waals surface area (Å²) < 4.78 is 0. The molecule has 44 valence electrons. The van der Waals surface area contributed by atoms with Crippen LogP contribution in [0, 0.1) is 0 Å². The minimum absolute atomic E-state index is 0.278. The third-order valence-corrected chi connectivity index (χ3v) is 20.9. The van der Waals surface area contributed by atoms with Crippen LogP contribution in [0.25, 0.3) is 0 Å². The van der Waals surface area contributed by atoms with Crippen molar-refractivity contribution in [3.8, 4) is 0 Å². The predicted molar refractivity (Wildman–Crippen MR) is 40.8 cm³/mol. The Hall–Kier alpha value is 0.775. The van der Waals surface area contributed by atoms with E-state index >= 15 is 0 Å². The molecule has 0 saturated heterocycles. The third kappa shape index (κ3) is 3.37. The maximum absolute atomic E-state index is 2.47. The molecule has 0 aliphatic heterocycles. The van der Waals surface area contributed by atoms with Gasteiger partial charge >= 0.3 is 51.6 Å². The van der Waals surface area contributed by atoms with Crippen molar-refractivity contribution in [3.63, 3.8) is 0 Å². The zero-order valence-corrected chi connectivity index (χ0v) is 8.82. The van der Waals surface area contributed by atoms with E-state index in [1.807, 2.05) is 0 Å². The average Bonchev–Trinajstić information content (AvgIpc) is 1.31. The molecule has 0 bridgehead atoms. The van der Waals surface area contributed by atoms with Gasteiger partial charge in [-0.1, -0.05) is 0 Å². The second kappa shape index (κ2) is 2.36. The van der Waals surface area contributed by atoms with Gasteiger partial charge in [0, 0.05) is 0 Å². The van der Waals surface area contributed by atoms with Crippen LogP contribution < -0.4 is 0 Å². The van der Waals surface area contributed by atoms with Crippen molar-refractivity contribution in [2.24, 2.45) is 0 Å². The summed E-state index contributed by atoms with van der Waals surface area (Å²) in [6.45, 7) is 6.81. The molecule has 0 unspecified atom stereocenters. The van der Waals surface area contributed by atoms with Crippen molar-refractivity contribution < 1.29 is 0 Å². The molecule has 7 heavy (non-hydrogen) atoms. The minimum atomic E-state index is -0.589. The fraction of sp³-hybridized carbons (Fsp3) is 1.00. The molecule has 0 rings (SSSR count). The third-order valence-electron chi connectivity index (χ3n) is 1.34. The van der Waals surface area contributed by atoms with E-state index in [4.69, 9.17) is 0 Å². The molecule has 0 heterocycles. The van der Waals surface area contributed by atoms with Gasteiger partial charge in [0.1, 0.15) is 0 Å². The number of rotatable bonds is 1. The molecule has 2 heteroatoms. The van der Waals surface area contributed by atoms with Gasteiger partial charge in [0.2, 0.25) is 0 Å². The van der Waals surface area contributed by atoms with Crippen LogP contribution in [0.15, 0.2) is 0 Å². The van der Waals surface area contributed by atoms with Gasteiger partial charge < -0.3 is 0 Å². The quantitative estimate of drug-likeness (QED) is 0.540. The second-order valence-corrected chi connectivity index (χ2v) is 24.3. The second-order valence-electron chi connectivity index (χ2n) is 3.07. The molecule has 0 fully saturated rings. The summed E-state index contributed by atoms with van der Waals surface area (Å²) in [7, 11) is 0. The summed E-state index contributed by atoms with van der Waals surface area (Å²) >= 11 is -0.278. The van der Waals surface area contributed by atoms with Crippen LogP contribution in [0.5, 0.6) is 0 Å². The van der Waals surface area contributed by atoms with E-state index in [1.165, 1.54) is 0 Å². The Labute approximate surface area is 52.0 Å². The Balaban J connectivity index is 3.54. The van der Waals surface area contributed by atoms with E-state index in [0.717, 1.165) is 0 Å². The fourth-order valence-corrected chi connectivity index (χ4v) is 0. The standard InChI is InChI=1S/C5H15AsSi/c1-6(2)7(3,4)5/h1-5H3. The summed E-state index contributed by atoms with van der Waals surface area (Å²) in [6, 6.07) is 0. The SMILES string of the molecule is C[As](C)[Si](C)(C)C. The molecule has 0 amide bonds. The molecule has 0 aromatic heterocycles. The van der Waals surface area contributed by atoms with Gasteiger partial charge in [-0.05, 0) is 0 Å². The molecular weight excluding hydrogens is 163 g/mol. The first-order chi connectivity index (χ1) is 2.94. The van der Waals surface area contributed by atoms with E-state index in [0.29, 0.717) is 0 Å². The molecule has 0 aliphatic carbocycles. The molecular formula is C5H15AsSi. The van der Waals surface area contributed by atoms with Gasteiger partial charge in [-0.3, -0.25) is 0 Å². The van der Waals surface area contributed by atoms with Crippen LogP contribution in [-0.2, 0) is 0 Å². The predicted octanol–water partition coefficient (Wildman–Crippen LogP) is 2.16. The first-order valence-corrected chi connectivity index (χ1v) is 12.6. The van der Waals surface area contributed by atoms with Crippen molar-refractivity contribution >= 4 is 20.5 Å². The zero-order valence-electron chi connectivity index (χ0n) is 5.95. The number of hydrogen-bond acceptors (Lipinski definition) is 0. The van der Waals surface area contributed by atoms with Crippen LogP contribution in [0.4, 0.5) is 0 Å². The van der Waals surface area contributed by atoms with E-state index in [9.17, 15) is 0 Å². The van der Waals surface area contributed by atoms with Crippen LogP contribution >= 0.6 is 0 Å². The Morgan fingerprint density at radius 2 is 1.14 bits per heavy atom. The Morgan fingerprint density at radius 1 is 1.00 bits per heavy atom. The molecule has 0 radical (unpaired) electrons. The Morgan fingerprint density at radius 3 is 1.14 bits per heavy atom. The zero-order chi connectivity index (χ0) is 6.08. The van der Waals surface area contributed by atoms with Crippen molar-refractivity contribution in [1.82, 2.24) is 0 Å². The van der Waals surface area contributed by atoms with Crippen molar-refractivity contribution in [1.29, 1.82) is 0 Å². The first kappa shape index (κ1) is 7.78. The Kier molecular flexibility index (Phi) is 2.63. The monoisotopic (exact) mass is 178 g/mol. The summed E-state index contributed by atoms with van der Waals surface area (Å²) in [6.07, 6.45) is 0. The summed E-state index contributed by atoms with van der Waals surface area (Å²) in [5.41, 5.74) is 4.92. The molecule has 0 aromatic rings. The average molecular weight is 178 g/mol. The van der Waals surface area contributed by atoms with Crippen molar-refractivity contribution in [2.75, 3.05) is 0 Å². The van der Waals surface area contributed by atoms with Crippen LogP contribution in [-0.4, -0.2) is 20.5 Å². The van der Waals surface area contributed by atoms with Gasteiger partial charge in [-0.2, -0.15) is 0 Å². The van der Waals surface area contributed by atoms with E-state index in [2.05, 4.69) is 31.1 Å². The molecule has 0 aliphatic rings. The van der Waals surface area contributed by atoms with Gasteiger partial charge in [-0.25, -0.2) is 0 Å². The van der Waals surface area contributed by atoms with Gasteiger partial charge in [0.05, 0.1) is 0 Å². The van der Waals surface area contributed by atoms with Gasteiger partial charge in [-0.15, -0.1) is 0 Å². The van der Waals surface area contributed by atoms with Crippen LogP contribution in [0.3, 0.4) is 0 Å². The summed E-state index contributed by atoms with van der Waals surface area (Å²) in [4.78, 5) is 0. The molecule has 0 nitrogen and oxygen atoms in total. The summed E-state index contributed by atoms with van der Waals surface area (Å²) in [5, 5.41) is 0. The Bertz CT molecular complexity index is 53.6. The van der Waals surface area contributed by atoms with E-state index in [1.54, 1.807) is 0 Å². The molecule has 0 N–H and O–H groups in total. The number of hydrogen-bond donors (Lipinski definition) is 0. The molecule has 0 atom stereocenters. The van der Waals surface area contributed by atoms with E-state index < -0.39 is 6.54 Å². The van der Waals surface area contributed by atoms with Gasteiger partial charge in [0.25, 0.3) is 0 Å². The fourth-order valence-electron chi connectivity index (χ4n) is 0. The first-order valence-electron chi connectivity index (χ1n) is 2.62. The molecule has 0 aromatic carbocycles. The molecule has 0 saturated carbocycles.